The molecule has 0 fully saturated rings. The van der Waals surface area contributed by atoms with Gasteiger partial charge in [-0.2, -0.15) is 36.1 Å². The Morgan fingerprint density at radius 1 is 0.645 bits per heavy atom. The van der Waals surface area contributed by atoms with Crippen molar-refractivity contribution in [2.45, 2.75) is 12.4 Å². The standard InChI is InChI=1S/C20H11F6N5/c21-19(22,23)14-11-15(20(24,25)26)31(30-14)18-27-16(12-7-3-1-4-8-12)17(28-29-18)13-9-5-2-6-10-13/h1-11H. The van der Waals surface area contributed by atoms with Crippen LogP contribution in [-0.2, 0) is 12.4 Å². The van der Waals surface area contributed by atoms with Crippen LogP contribution in [0.2, 0.25) is 0 Å². The van der Waals surface area contributed by atoms with E-state index in [0.717, 1.165) is 0 Å². The fourth-order valence-electron chi connectivity index (χ4n) is 2.87. The van der Waals surface area contributed by atoms with E-state index in [9.17, 15) is 26.3 Å². The van der Waals surface area contributed by atoms with Gasteiger partial charge >= 0.3 is 12.4 Å². The van der Waals surface area contributed by atoms with Crippen molar-refractivity contribution in [1.82, 2.24) is 25.0 Å². The predicted molar refractivity (Wildman–Crippen MR) is 97.8 cm³/mol. The van der Waals surface area contributed by atoms with Gasteiger partial charge in [0, 0.05) is 17.2 Å². The minimum Gasteiger partial charge on any atom is -0.207 e. The number of rotatable bonds is 3. The number of benzene rings is 2. The first-order valence-electron chi connectivity index (χ1n) is 8.75. The van der Waals surface area contributed by atoms with Crippen molar-refractivity contribution in [2.75, 3.05) is 0 Å². The first-order valence-corrected chi connectivity index (χ1v) is 8.75. The zero-order chi connectivity index (χ0) is 22.2. The normalized spacial score (nSPS) is 12.2. The molecule has 0 spiro atoms. The minimum absolute atomic E-state index is 0.0109. The molecule has 0 bridgehead atoms. The first-order chi connectivity index (χ1) is 14.6. The highest BCUT2D eigenvalue weighted by Crippen LogP contribution is 2.36. The number of hydrogen-bond donors (Lipinski definition) is 0. The van der Waals surface area contributed by atoms with Crippen molar-refractivity contribution in [1.29, 1.82) is 0 Å². The van der Waals surface area contributed by atoms with Crippen molar-refractivity contribution >= 4 is 0 Å². The topological polar surface area (TPSA) is 56.5 Å². The molecule has 0 radical (unpaired) electrons. The lowest BCUT2D eigenvalue weighted by Crippen LogP contribution is -2.16. The SMILES string of the molecule is FC(F)(F)c1cc(C(F)(F)F)n(-c2nnc(-c3ccccc3)c(-c3ccccc3)n2)n1. The molecule has 5 nitrogen and oxygen atoms in total. The summed E-state index contributed by atoms with van der Waals surface area (Å²) in [4.78, 5) is 4.12. The van der Waals surface area contributed by atoms with E-state index in [-0.39, 0.29) is 22.1 Å². The Balaban J connectivity index is 1.95. The summed E-state index contributed by atoms with van der Waals surface area (Å²) >= 11 is 0. The summed E-state index contributed by atoms with van der Waals surface area (Å²) in [5.41, 5.74) is -1.89. The molecule has 0 N–H and O–H groups in total. The van der Waals surface area contributed by atoms with Crippen molar-refractivity contribution in [3.63, 3.8) is 0 Å². The van der Waals surface area contributed by atoms with E-state index in [1.54, 1.807) is 60.7 Å². The quantitative estimate of drug-likeness (QED) is 0.403. The van der Waals surface area contributed by atoms with Gasteiger partial charge in [0.15, 0.2) is 11.4 Å². The molecule has 0 saturated heterocycles. The average molecular weight is 435 g/mol. The highest BCUT2D eigenvalue weighted by Gasteiger charge is 2.43. The van der Waals surface area contributed by atoms with Crippen LogP contribution in [0.5, 0.6) is 0 Å². The summed E-state index contributed by atoms with van der Waals surface area (Å²) in [6, 6.07) is 16.9. The number of aromatic nitrogens is 5. The van der Waals surface area contributed by atoms with Gasteiger partial charge in [-0.3, -0.25) is 0 Å². The first kappa shape index (κ1) is 20.5. The second kappa shape index (κ2) is 7.49. The molecule has 31 heavy (non-hydrogen) atoms. The summed E-state index contributed by atoms with van der Waals surface area (Å²) in [5, 5.41) is 10.7. The Kier molecular flexibility index (Phi) is 4.96. The molecule has 11 heteroatoms. The Bertz CT molecular complexity index is 1200. The van der Waals surface area contributed by atoms with Crippen LogP contribution in [0.4, 0.5) is 26.3 Å². The summed E-state index contributed by atoms with van der Waals surface area (Å²) in [6.45, 7) is 0. The molecule has 0 amide bonds. The van der Waals surface area contributed by atoms with Gasteiger partial charge in [0.2, 0.25) is 0 Å². The smallest absolute Gasteiger partial charge is 0.207 e. The van der Waals surface area contributed by atoms with E-state index >= 15 is 0 Å². The highest BCUT2D eigenvalue weighted by molar-refractivity contribution is 5.77. The van der Waals surface area contributed by atoms with Gasteiger partial charge < -0.3 is 0 Å². The molecule has 0 aliphatic carbocycles. The van der Waals surface area contributed by atoms with E-state index < -0.39 is 29.7 Å². The van der Waals surface area contributed by atoms with Crippen LogP contribution in [-0.4, -0.2) is 25.0 Å². The van der Waals surface area contributed by atoms with E-state index in [4.69, 9.17) is 0 Å². The molecule has 0 atom stereocenters. The van der Waals surface area contributed by atoms with Gasteiger partial charge in [-0.15, -0.1) is 10.2 Å². The molecule has 2 aromatic heterocycles. The third kappa shape index (κ3) is 4.11. The Morgan fingerprint density at radius 3 is 1.71 bits per heavy atom. The molecule has 4 rings (SSSR count). The lowest BCUT2D eigenvalue weighted by Gasteiger charge is -2.12. The number of alkyl halides is 6. The maximum atomic E-state index is 13.4. The maximum absolute atomic E-state index is 13.4. The van der Waals surface area contributed by atoms with E-state index in [1.165, 1.54) is 0 Å². The summed E-state index contributed by atoms with van der Waals surface area (Å²) in [7, 11) is 0. The van der Waals surface area contributed by atoms with Gasteiger partial charge in [-0.25, -0.2) is 4.98 Å². The number of halogens is 6. The number of hydrogen-bond acceptors (Lipinski definition) is 4. The van der Waals surface area contributed by atoms with Crippen LogP contribution in [0.25, 0.3) is 28.5 Å². The highest BCUT2D eigenvalue weighted by atomic mass is 19.4. The molecule has 158 valence electrons. The Morgan fingerprint density at radius 2 is 1.19 bits per heavy atom. The molecular formula is C20H11F6N5. The fourth-order valence-corrected chi connectivity index (χ4v) is 2.87. The Labute approximate surface area is 171 Å². The molecule has 0 aliphatic heterocycles. The van der Waals surface area contributed by atoms with Gasteiger partial charge in [-0.05, 0) is 0 Å². The minimum atomic E-state index is -5.12. The van der Waals surface area contributed by atoms with Crippen molar-refractivity contribution < 1.29 is 26.3 Å². The van der Waals surface area contributed by atoms with Gasteiger partial charge in [0.05, 0.1) is 0 Å². The summed E-state index contributed by atoms with van der Waals surface area (Å²) in [5.74, 6) is -0.735. The van der Waals surface area contributed by atoms with Crippen molar-refractivity contribution in [3.8, 4) is 28.5 Å². The lowest BCUT2D eigenvalue weighted by atomic mass is 10.0. The Hall–Kier alpha value is -3.76. The monoisotopic (exact) mass is 435 g/mol. The fraction of sp³-hybridized carbons (Fsp3) is 0.100. The van der Waals surface area contributed by atoms with Gasteiger partial charge in [-0.1, -0.05) is 60.7 Å². The third-order valence-corrected chi connectivity index (χ3v) is 4.25. The zero-order valence-corrected chi connectivity index (χ0v) is 15.4. The van der Waals surface area contributed by atoms with Crippen LogP contribution < -0.4 is 0 Å². The van der Waals surface area contributed by atoms with E-state index in [0.29, 0.717) is 11.1 Å². The van der Waals surface area contributed by atoms with Crippen LogP contribution >= 0.6 is 0 Å². The third-order valence-electron chi connectivity index (χ3n) is 4.25. The maximum Gasteiger partial charge on any atom is 0.435 e. The van der Waals surface area contributed by atoms with E-state index in [1.807, 2.05) is 0 Å². The molecule has 0 saturated carbocycles. The molecule has 0 unspecified atom stereocenters. The van der Waals surface area contributed by atoms with Crippen LogP contribution in [0.1, 0.15) is 11.4 Å². The van der Waals surface area contributed by atoms with Crippen LogP contribution in [0.3, 0.4) is 0 Å². The zero-order valence-electron chi connectivity index (χ0n) is 15.4. The largest absolute Gasteiger partial charge is 0.435 e. The van der Waals surface area contributed by atoms with Gasteiger partial charge in [0.1, 0.15) is 11.4 Å². The van der Waals surface area contributed by atoms with Gasteiger partial charge in [0.25, 0.3) is 5.95 Å². The predicted octanol–water partition coefficient (Wildman–Crippen LogP) is 5.43. The molecule has 4 aromatic rings. The molecule has 2 aromatic carbocycles. The molecule has 2 heterocycles. The molecule has 0 aliphatic rings. The second-order valence-corrected chi connectivity index (χ2v) is 6.36. The van der Waals surface area contributed by atoms with Crippen LogP contribution in [0.15, 0.2) is 66.7 Å². The number of nitrogens with zero attached hydrogens (tertiary/aromatic N) is 5. The lowest BCUT2D eigenvalue weighted by molar-refractivity contribution is -0.143. The second-order valence-electron chi connectivity index (χ2n) is 6.36. The van der Waals surface area contributed by atoms with Crippen molar-refractivity contribution in [3.05, 3.63) is 78.1 Å². The van der Waals surface area contributed by atoms with Crippen LogP contribution in [0, 0.1) is 0 Å². The van der Waals surface area contributed by atoms with E-state index in [2.05, 4.69) is 20.3 Å². The average Bonchev–Trinajstić information content (AvgIpc) is 3.21. The van der Waals surface area contributed by atoms with Crippen molar-refractivity contribution in [2.24, 2.45) is 0 Å². The summed E-state index contributed by atoms with van der Waals surface area (Å²) in [6.07, 6.45) is -10.2. The molecular weight excluding hydrogens is 424 g/mol. The summed E-state index contributed by atoms with van der Waals surface area (Å²) < 4.78 is 79.3.